The average Bonchev–Trinajstić information content (AvgIpc) is 2.51. The number of Topliss-reactive ketones (excluding diaryl/α,β-unsaturated/α-hetero) is 1. The highest BCUT2D eigenvalue weighted by Gasteiger charge is 2.44. The molecule has 1 aliphatic carbocycles. The Labute approximate surface area is 131 Å². The van der Waals surface area contributed by atoms with Crippen LogP contribution in [0.25, 0.3) is 0 Å². The van der Waals surface area contributed by atoms with E-state index in [9.17, 15) is 4.79 Å². The van der Waals surface area contributed by atoms with E-state index in [0.717, 1.165) is 11.1 Å². The molecule has 0 unspecified atom stereocenters. The molecule has 1 atom stereocenters. The Balaban J connectivity index is 2.00. The van der Waals surface area contributed by atoms with Gasteiger partial charge in [0.2, 0.25) is 5.78 Å². The van der Waals surface area contributed by atoms with E-state index in [-0.39, 0.29) is 11.8 Å². The number of hydrogen-bond acceptors (Lipinski definition) is 1. The highest BCUT2D eigenvalue weighted by atomic mass is 19.1. The van der Waals surface area contributed by atoms with Crippen molar-refractivity contribution in [3.63, 3.8) is 0 Å². The predicted molar refractivity (Wildman–Crippen MR) is 87.0 cm³/mol. The predicted octanol–water partition coefficient (Wildman–Crippen LogP) is 4.98. The maximum atomic E-state index is 15.5. The fourth-order valence-corrected chi connectivity index (χ4v) is 3.10. The highest BCUT2D eigenvalue weighted by Crippen LogP contribution is 2.40. The first-order chi connectivity index (χ1) is 10.3. The van der Waals surface area contributed by atoms with Gasteiger partial charge in [0.1, 0.15) is 0 Å². The van der Waals surface area contributed by atoms with E-state index in [1.807, 2.05) is 24.3 Å². The van der Waals surface area contributed by atoms with Gasteiger partial charge < -0.3 is 0 Å². The van der Waals surface area contributed by atoms with Gasteiger partial charge >= 0.3 is 0 Å². The van der Waals surface area contributed by atoms with Crippen LogP contribution < -0.4 is 0 Å². The molecular formula is C20H21FO. The molecule has 0 aromatic heterocycles. The maximum absolute atomic E-state index is 15.5. The minimum Gasteiger partial charge on any atom is -0.290 e. The van der Waals surface area contributed by atoms with Gasteiger partial charge in [0, 0.05) is 5.56 Å². The number of ketones is 1. The van der Waals surface area contributed by atoms with Gasteiger partial charge in [-0.25, -0.2) is 4.39 Å². The van der Waals surface area contributed by atoms with Gasteiger partial charge in [-0.3, -0.25) is 4.79 Å². The van der Waals surface area contributed by atoms with E-state index >= 15 is 4.39 Å². The number of hydrogen-bond donors (Lipinski definition) is 0. The van der Waals surface area contributed by atoms with Crippen LogP contribution >= 0.6 is 0 Å². The second-order valence-corrected chi connectivity index (χ2v) is 7.11. The minimum atomic E-state index is -1.90. The molecule has 0 radical (unpaired) electrons. The number of aryl methyl sites for hydroxylation is 1. The molecule has 0 spiro atoms. The Hall–Kier alpha value is -1.96. The standard InChI is InChI=1S/C20H21FO/c1-19(2,3)15-8-10-16(11-9-15)20(21)13-12-14-6-4-5-7-17(14)18(20)22/h4-11H,12-13H2,1-3H3/t20-/m1/s1. The van der Waals surface area contributed by atoms with Crippen molar-refractivity contribution in [1.82, 2.24) is 0 Å². The zero-order valence-electron chi connectivity index (χ0n) is 13.3. The van der Waals surface area contributed by atoms with Gasteiger partial charge in [-0.15, -0.1) is 0 Å². The molecular weight excluding hydrogens is 275 g/mol. The summed E-state index contributed by atoms with van der Waals surface area (Å²) >= 11 is 0. The van der Waals surface area contributed by atoms with Crippen molar-refractivity contribution >= 4 is 5.78 Å². The normalized spacial score (nSPS) is 21.5. The van der Waals surface area contributed by atoms with Gasteiger partial charge in [0.15, 0.2) is 5.67 Å². The molecule has 0 heterocycles. The molecule has 114 valence electrons. The first-order valence-corrected chi connectivity index (χ1v) is 7.75. The van der Waals surface area contributed by atoms with E-state index < -0.39 is 11.5 Å². The van der Waals surface area contributed by atoms with Crippen LogP contribution in [0.5, 0.6) is 0 Å². The van der Waals surface area contributed by atoms with Crippen LogP contribution in [0, 0.1) is 0 Å². The van der Waals surface area contributed by atoms with Crippen LogP contribution in [-0.2, 0) is 17.5 Å². The fraction of sp³-hybridized carbons (Fsp3) is 0.350. The molecule has 22 heavy (non-hydrogen) atoms. The summed E-state index contributed by atoms with van der Waals surface area (Å²) in [6.07, 6.45) is 0.817. The first kappa shape index (κ1) is 15.0. The van der Waals surface area contributed by atoms with Crippen LogP contribution in [0.2, 0.25) is 0 Å². The minimum absolute atomic E-state index is 0.0190. The van der Waals surface area contributed by atoms with Gasteiger partial charge in [-0.1, -0.05) is 69.3 Å². The van der Waals surface area contributed by atoms with Crippen molar-refractivity contribution in [2.24, 2.45) is 0 Å². The topological polar surface area (TPSA) is 17.1 Å². The van der Waals surface area contributed by atoms with Gasteiger partial charge in [0.25, 0.3) is 0 Å². The van der Waals surface area contributed by atoms with E-state index in [0.29, 0.717) is 17.5 Å². The summed E-state index contributed by atoms with van der Waals surface area (Å²) in [6.45, 7) is 6.36. The number of halogens is 1. The molecule has 2 aromatic carbocycles. The molecule has 0 fully saturated rings. The number of benzene rings is 2. The van der Waals surface area contributed by atoms with Crippen molar-refractivity contribution in [3.8, 4) is 0 Å². The van der Waals surface area contributed by atoms with E-state index in [1.165, 1.54) is 0 Å². The Morgan fingerprint density at radius 1 is 1.00 bits per heavy atom. The molecule has 0 bridgehead atoms. The Morgan fingerprint density at radius 3 is 2.27 bits per heavy atom. The Bertz CT molecular complexity index is 709. The largest absolute Gasteiger partial charge is 0.290 e. The van der Waals surface area contributed by atoms with Crippen LogP contribution in [0.3, 0.4) is 0 Å². The Morgan fingerprint density at radius 2 is 1.64 bits per heavy atom. The summed E-state index contributed by atoms with van der Waals surface area (Å²) in [6, 6.07) is 14.7. The zero-order chi connectivity index (χ0) is 16.0. The molecule has 0 saturated heterocycles. The maximum Gasteiger partial charge on any atom is 0.204 e. The summed E-state index contributed by atoms with van der Waals surface area (Å²) in [5.41, 5.74) is 1.21. The summed E-state index contributed by atoms with van der Waals surface area (Å²) in [7, 11) is 0. The molecule has 2 heteroatoms. The van der Waals surface area contributed by atoms with Crippen LogP contribution in [0.15, 0.2) is 48.5 Å². The van der Waals surface area contributed by atoms with E-state index in [1.54, 1.807) is 24.3 Å². The number of fused-ring (bicyclic) bond motifs is 1. The molecule has 0 N–H and O–H groups in total. The van der Waals surface area contributed by atoms with Gasteiger partial charge in [-0.2, -0.15) is 0 Å². The lowest BCUT2D eigenvalue weighted by Gasteiger charge is -2.30. The molecule has 1 aliphatic rings. The molecule has 2 aromatic rings. The molecule has 0 aliphatic heterocycles. The van der Waals surface area contributed by atoms with Gasteiger partial charge in [0.05, 0.1) is 0 Å². The third kappa shape index (κ3) is 2.37. The summed E-state index contributed by atoms with van der Waals surface area (Å²) in [4.78, 5) is 12.6. The summed E-state index contributed by atoms with van der Waals surface area (Å²) in [5, 5.41) is 0. The second kappa shape index (κ2) is 5.05. The molecule has 0 saturated carbocycles. The highest BCUT2D eigenvalue weighted by molar-refractivity contribution is 6.05. The smallest absolute Gasteiger partial charge is 0.204 e. The van der Waals surface area contributed by atoms with Crippen molar-refractivity contribution in [2.45, 2.75) is 44.7 Å². The van der Waals surface area contributed by atoms with Crippen LogP contribution in [0.4, 0.5) is 4.39 Å². The van der Waals surface area contributed by atoms with E-state index in [2.05, 4.69) is 20.8 Å². The number of alkyl halides is 1. The van der Waals surface area contributed by atoms with E-state index in [4.69, 9.17) is 0 Å². The summed E-state index contributed by atoms with van der Waals surface area (Å²) in [5.74, 6) is -0.405. The third-order valence-corrected chi connectivity index (χ3v) is 4.57. The average molecular weight is 296 g/mol. The second-order valence-electron chi connectivity index (χ2n) is 7.11. The van der Waals surface area contributed by atoms with Crippen molar-refractivity contribution < 1.29 is 9.18 Å². The molecule has 0 amide bonds. The fourth-order valence-electron chi connectivity index (χ4n) is 3.10. The SMILES string of the molecule is CC(C)(C)c1ccc([C@]2(F)CCc3ccccc3C2=O)cc1. The lowest BCUT2D eigenvalue weighted by molar-refractivity contribution is 0.0630. The first-order valence-electron chi connectivity index (χ1n) is 7.75. The monoisotopic (exact) mass is 296 g/mol. The van der Waals surface area contributed by atoms with Crippen LogP contribution in [0.1, 0.15) is 54.2 Å². The van der Waals surface area contributed by atoms with Crippen LogP contribution in [-0.4, -0.2) is 5.78 Å². The summed E-state index contributed by atoms with van der Waals surface area (Å²) < 4.78 is 15.5. The molecule has 3 rings (SSSR count). The lowest BCUT2D eigenvalue weighted by atomic mass is 9.76. The third-order valence-electron chi connectivity index (χ3n) is 4.57. The number of carbonyl (C=O) groups is 1. The quantitative estimate of drug-likeness (QED) is 0.725. The number of carbonyl (C=O) groups excluding carboxylic acids is 1. The zero-order valence-corrected chi connectivity index (χ0v) is 13.3. The van der Waals surface area contributed by atoms with Crippen molar-refractivity contribution in [1.29, 1.82) is 0 Å². The van der Waals surface area contributed by atoms with Crippen molar-refractivity contribution in [3.05, 3.63) is 70.8 Å². The number of rotatable bonds is 1. The lowest BCUT2D eigenvalue weighted by Crippen LogP contribution is -2.36. The molecule has 1 nitrogen and oxygen atoms in total. The Kier molecular flexibility index (Phi) is 3.43. The van der Waals surface area contributed by atoms with Crippen molar-refractivity contribution in [2.75, 3.05) is 0 Å². The van der Waals surface area contributed by atoms with Gasteiger partial charge in [-0.05, 0) is 34.9 Å².